The average Bonchev–Trinajstić information content (AvgIpc) is 2.70. The first-order valence-corrected chi connectivity index (χ1v) is 9.91. The summed E-state index contributed by atoms with van der Waals surface area (Å²) in [6.45, 7) is 9.96. The number of carbonyl (C=O) groups is 2. The molecule has 0 aliphatic carbocycles. The fraction of sp³-hybridized carbons (Fsp3) is 0.320. The van der Waals surface area contributed by atoms with Crippen LogP contribution in [0.15, 0.2) is 48.5 Å². The van der Waals surface area contributed by atoms with E-state index in [1.165, 1.54) is 0 Å². The Hall–Kier alpha value is -3.01. The lowest BCUT2D eigenvalue weighted by Crippen LogP contribution is -2.17. The molecule has 0 aliphatic heterocycles. The maximum absolute atomic E-state index is 12.9. The monoisotopic (exact) mass is 389 g/mol. The predicted molar refractivity (Wildman–Crippen MR) is 116 cm³/mol. The predicted octanol–water partition coefficient (Wildman–Crippen LogP) is 5.44. The van der Waals surface area contributed by atoms with Crippen molar-refractivity contribution in [2.75, 3.05) is 6.61 Å². The molecule has 2 aromatic carbocycles. The van der Waals surface area contributed by atoms with Crippen molar-refractivity contribution < 1.29 is 14.3 Å². The Morgan fingerprint density at radius 3 is 2.28 bits per heavy atom. The van der Waals surface area contributed by atoms with Gasteiger partial charge in [0.15, 0.2) is 12.4 Å². The van der Waals surface area contributed by atoms with Crippen LogP contribution in [0.1, 0.15) is 65.2 Å². The number of esters is 1. The number of pyridine rings is 1. The molecule has 0 spiro atoms. The Balaban J connectivity index is 1.81. The van der Waals surface area contributed by atoms with Crippen molar-refractivity contribution in [3.05, 3.63) is 76.5 Å². The van der Waals surface area contributed by atoms with E-state index in [9.17, 15) is 9.59 Å². The molecule has 4 heteroatoms. The van der Waals surface area contributed by atoms with Crippen LogP contribution in [0.5, 0.6) is 0 Å². The van der Waals surface area contributed by atoms with E-state index in [-0.39, 0.29) is 17.8 Å². The van der Waals surface area contributed by atoms with Gasteiger partial charge in [0, 0.05) is 16.6 Å². The second-order valence-corrected chi connectivity index (χ2v) is 8.26. The van der Waals surface area contributed by atoms with E-state index in [1.54, 1.807) is 12.1 Å². The van der Waals surface area contributed by atoms with E-state index in [0.717, 1.165) is 34.1 Å². The molecular formula is C25H27NO3. The van der Waals surface area contributed by atoms with Gasteiger partial charge in [-0.25, -0.2) is 4.79 Å². The van der Waals surface area contributed by atoms with E-state index in [2.05, 4.69) is 25.8 Å². The number of carbonyl (C=O) groups excluding carboxylic acids is 2. The van der Waals surface area contributed by atoms with Crippen LogP contribution in [0.4, 0.5) is 0 Å². The minimum Gasteiger partial charge on any atom is -0.454 e. The van der Waals surface area contributed by atoms with Crippen molar-refractivity contribution in [3.8, 4) is 0 Å². The molecule has 0 amide bonds. The molecule has 0 saturated heterocycles. The molecule has 0 unspecified atom stereocenters. The molecule has 0 radical (unpaired) electrons. The summed E-state index contributed by atoms with van der Waals surface area (Å²) in [6.07, 6.45) is 0.718. The number of aromatic nitrogens is 1. The summed E-state index contributed by atoms with van der Waals surface area (Å²) in [5, 5.41) is 0.745. The summed E-state index contributed by atoms with van der Waals surface area (Å²) in [7, 11) is 0. The summed E-state index contributed by atoms with van der Waals surface area (Å²) >= 11 is 0. The van der Waals surface area contributed by atoms with Gasteiger partial charge in [0.25, 0.3) is 0 Å². The number of aryl methyl sites for hydroxylation is 1. The lowest BCUT2D eigenvalue weighted by Gasteiger charge is -2.19. The Bertz CT molecular complexity index is 1060. The summed E-state index contributed by atoms with van der Waals surface area (Å²) in [4.78, 5) is 30.0. The highest BCUT2D eigenvalue weighted by molar-refractivity contribution is 6.06. The van der Waals surface area contributed by atoms with Gasteiger partial charge in [0.1, 0.15) is 0 Å². The molecule has 0 atom stereocenters. The first-order chi connectivity index (χ1) is 13.7. The molecule has 29 heavy (non-hydrogen) atoms. The first-order valence-electron chi connectivity index (χ1n) is 9.91. The van der Waals surface area contributed by atoms with Gasteiger partial charge in [0.05, 0.1) is 11.1 Å². The topological polar surface area (TPSA) is 56.3 Å². The number of Topliss-reactive ketones (excluding diaryl/α,β-unsaturated/α-hetero) is 1. The van der Waals surface area contributed by atoms with Crippen LogP contribution in [0.25, 0.3) is 10.9 Å². The Morgan fingerprint density at radius 2 is 1.66 bits per heavy atom. The van der Waals surface area contributed by atoms with Crippen molar-refractivity contribution in [2.45, 2.75) is 46.5 Å². The number of fused-ring (bicyclic) bond motifs is 1. The van der Waals surface area contributed by atoms with E-state index in [4.69, 9.17) is 4.74 Å². The quantitative estimate of drug-likeness (QED) is 0.430. The zero-order valence-electron chi connectivity index (χ0n) is 17.7. The highest BCUT2D eigenvalue weighted by atomic mass is 16.5. The molecule has 1 heterocycles. The maximum atomic E-state index is 12.9. The Kier molecular flexibility index (Phi) is 5.83. The van der Waals surface area contributed by atoms with Crippen LogP contribution < -0.4 is 0 Å². The number of ether oxygens (including phenoxy) is 1. The van der Waals surface area contributed by atoms with E-state index >= 15 is 0 Å². The molecule has 1 aromatic heterocycles. The smallest absolute Gasteiger partial charge is 0.339 e. The van der Waals surface area contributed by atoms with Gasteiger partial charge in [-0.3, -0.25) is 9.78 Å². The van der Waals surface area contributed by atoms with Crippen LogP contribution in [0.2, 0.25) is 0 Å². The number of rotatable bonds is 5. The van der Waals surface area contributed by atoms with Crippen molar-refractivity contribution >= 4 is 22.7 Å². The lowest BCUT2D eigenvalue weighted by molar-refractivity contribution is 0.0476. The Morgan fingerprint density at radius 1 is 1.00 bits per heavy atom. The molecule has 0 bridgehead atoms. The zero-order chi connectivity index (χ0) is 21.2. The van der Waals surface area contributed by atoms with Gasteiger partial charge in [0.2, 0.25) is 0 Å². The van der Waals surface area contributed by atoms with Crippen molar-refractivity contribution in [1.82, 2.24) is 4.98 Å². The molecule has 150 valence electrons. The van der Waals surface area contributed by atoms with Gasteiger partial charge in [-0.15, -0.1) is 0 Å². The molecule has 0 fully saturated rings. The number of hydrogen-bond donors (Lipinski definition) is 0. The highest BCUT2D eigenvalue weighted by Crippen LogP contribution is 2.25. The van der Waals surface area contributed by atoms with Gasteiger partial charge in [-0.1, -0.05) is 70.2 Å². The van der Waals surface area contributed by atoms with E-state index in [1.807, 2.05) is 50.2 Å². The van der Waals surface area contributed by atoms with Crippen molar-refractivity contribution in [2.24, 2.45) is 0 Å². The summed E-state index contributed by atoms with van der Waals surface area (Å²) in [5.41, 5.74) is 4.62. The third-order valence-electron chi connectivity index (χ3n) is 5.18. The molecule has 4 nitrogen and oxygen atoms in total. The van der Waals surface area contributed by atoms with Gasteiger partial charge >= 0.3 is 5.97 Å². The summed E-state index contributed by atoms with van der Waals surface area (Å²) in [5.74, 6) is -0.707. The highest BCUT2D eigenvalue weighted by Gasteiger charge is 2.20. The lowest BCUT2D eigenvalue weighted by atomic mass is 9.86. The average molecular weight is 389 g/mol. The second-order valence-electron chi connectivity index (χ2n) is 8.26. The van der Waals surface area contributed by atoms with Crippen LogP contribution >= 0.6 is 0 Å². The number of para-hydroxylation sites is 1. The molecular weight excluding hydrogens is 362 g/mol. The fourth-order valence-electron chi connectivity index (χ4n) is 3.41. The third-order valence-corrected chi connectivity index (χ3v) is 5.18. The zero-order valence-corrected chi connectivity index (χ0v) is 17.7. The minimum absolute atomic E-state index is 0.0188. The van der Waals surface area contributed by atoms with Crippen LogP contribution in [-0.4, -0.2) is 23.3 Å². The number of benzene rings is 2. The van der Waals surface area contributed by atoms with Crippen LogP contribution in [0.3, 0.4) is 0 Å². The van der Waals surface area contributed by atoms with Crippen molar-refractivity contribution in [1.29, 1.82) is 0 Å². The van der Waals surface area contributed by atoms with E-state index < -0.39 is 5.97 Å². The summed E-state index contributed by atoms with van der Waals surface area (Å²) in [6, 6.07) is 15.0. The molecule has 0 saturated carbocycles. The van der Waals surface area contributed by atoms with Crippen molar-refractivity contribution in [3.63, 3.8) is 0 Å². The maximum Gasteiger partial charge on any atom is 0.339 e. The largest absolute Gasteiger partial charge is 0.454 e. The van der Waals surface area contributed by atoms with Gasteiger partial charge in [-0.05, 0) is 36.0 Å². The fourth-order valence-corrected chi connectivity index (χ4v) is 3.41. The number of hydrogen-bond acceptors (Lipinski definition) is 4. The van der Waals surface area contributed by atoms with Gasteiger partial charge < -0.3 is 4.74 Å². The Labute approximate surface area is 171 Å². The standard InChI is InChI=1S/C25H27NO3/c1-6-20-16(2)23(19-9-7-8-10-21(19)26-20)24(28)29-15-22(27)17-11-13-18(14-12-17)25(3,4)5/h7-14H,6,15H2,1-5H3. The van der Waals surface area contributed by atoms with Crippen LogP contribution in [0, 0.1) is 6.92 Å². The second kappa shape index (κ2) is 8.16. The summed E-state index contributed by atoms with van der Waals surface area (Å²) < 4.78 is 5.41. The third kappa shape index (κ3) is 4.37. The molecule has 3 aromatic rings. The van der Waals surface area contributed by atoms with Gasteiger partial charge in [-0.2, -0.15) is 0 Å². The number of nitrogens with zero attached hydrogens (tertiary/aromatic N) is 1. The number of ketones is 1. The van der Waals surface area contributed by atoms with E-state index in [0.29, 0.717) is 11.1 Å². The molecule has 0 aliphatic rings. The first kappa shape index (κ1) is 20.7. The minimum atomic E-state index is -0.490. The van der Waals surface area contributed by atoms with Crippen LogP contribution in [-0.2, 0) is 16.6 Å². The molecule has 3 rings (SSSR count). The molecule has 0 N–H and O–H groups in total. The SMILES string of the molecule is CCc1nc2ccccc2c(C(=O)OCC(=O)c2ccc(C(C)(C)C)cc2)c1C. The normalized spacial score (nSPS) is 11.5.